The summed E-state index contributed by atoms with van der Waals surface area (Å²) >= 11 is 0. The zero-order chi connectivity index (χ0) is 14.2. The van der Waals surface area contributed by atoms with E-state index in [4.69, 9.17) is 4.74 Å². The lowest BCUT2D eigenvalue weighted by atomic mass is 10.1. The van der Waals surface area contributed by atoms with Crippen LogP contribution in [0.5, 0.6) is 5.75 Å². The highest BCUT2D eigenvalue weighted by molar-refractivity contribution is 5.40. The van der Waals surface area contributed by atoms with E-state index in [0.29, 0.717) is 6.04 Å². The highest BCUT2D eigenvalue weighted by atomic mass is 16.5. The van der Waals surface area contributed by atoms with Gasteiger partial charge in [0.2, 0.25) is 0 Å². The fourth-order valence-corrected chi connectivity index (χ4v) is 3.10. The number of unbranched alkanes of at least 4 members (excludes halogenated alkanes) is 5. The van der Waals surface area contributed by atoms with Gasteiger partial charge in [-0.1, -0.05) is 45.1 Å². The number of aryl methyl sites for hydroxylation is 1. The summed E-state index contributed by atoms with van der Waals surface area (Å²) in [5, 5.41) is 3.72. The molecular weight excluding hydrogens is 246 g/mol. The molecule has 20 heavy (non-hydrogen) atoms. The van der Waals surface area contributed by atoms with E-state index >= 15 is 0 Å². The van der Waals surface area contributed by atoms with Gasteiger partial charge in [0.1, 0.15) is 5.75 Å². The second-order valence-corrected chi connectivity index (χ2v) is 5.88. The van der Waals surface area contributed by atoms with Gasteiger partial charge in [-0.15, -0.1) is 0 Å². The maximum Gasteiger partial charge on any atom is 0.119 e. The first-order valence-corrected chi connectivity index (χ1v) is 8.25. The summed E-state index contributed by atoms with van der Waals surface area (Å²) in [7, 11) is 1.75. The van der Waals surface area contributed by atoms with E-state index in [1.54, 1.807) is 7.11 Å². The molecule has 1 atom stereocenters. The topological polar surface area (TPSA) is 21.3 Å². The van der Waals surface area contributed by atoms with Crippen LogP contribution in [0.2, 0.25) is 0 Å². The third kappa shape index (κ3) is 4.24. The van der Waals surface area contributed by atoms with E-state index in [-0.39, 0.29) is 0 Å². The Labute approximate surface area is 123 Å². The number of hydrogen-bond donors (Lipinski definition) is 1. The van der Waals surface area contributed by atoms with Crippen LogP contribution in [0.15, 0.2) is 18.2 Å². The van der Waals surface area contributed by atoms with Crippen LogP contribution in [0.3, 0.4) is 0 Å². The van der Waals surface area contributed by atoms with E-state index in [1.165, 1.54) is 62.5 Å². The van der Waals surface area contributed by atoms with Crippen molar-refractivity contribution in [1.82, 2.24) is 5.32 Å². The predicted molar refractivity (Wildman–Crippen MR) is 85.4 cm³/mol. The van der Waals surface area contributed by atoms with Crippen molar-refractivity contribution in [3.05, 3.63) is 29.3 Å². The van der Waals surface area contributed by atoms with Crippen molar-refractivity contribution in [2.24, 2.45) is 0 Å². The monoisotopic (exact) mass is 275 g/mol. The number of hydrogen-bond acceptors (Lipinski definition) is 2. The second-order valence-electron chi connectivity index (χ2n) is 5.88. The van der Waals surface area contributed by atoms with Crippen LogP contribution in [0, 0.1) is 0 Å². The minimum atomic E-state index is 0.538. The molecule has 0 bridgehead atoms. The van der Waals surface area contributed by atoms with Crippen molar-refractivity contribution in [2.45, 2.75) is 64.3 Å². The molecule has 0 fully saturated rings. The summed E-state index contributed by atoms with van der Waals surface area (Å²) in [4.78, 5) is 0. The van der Waals surface area contributed by atoms with Gasteiger partial charge in [-0.2, -0.15) is 0 Å². The maximum absolute atomic E-state index is 5.34. The molecule has 1 aliphatic rings. The molecule has 2 rings (SSSR count). The van der Waals surface area contributed by atoms with Gasteiger partial charge in [0, 0.05) is 6.04 Å². The van der Waals surface area contributed by atoms with E-state index in [9.17, 15) is 0 Å². The first kappa shape index (κ1) is 15.4. The lowest BCUT2D eigenvalue weighted by molar-refractivity contribution is 0.413. The quantitative estimate of drug-likeness (QED) is 0.663. The fraction of sp³-hybridized carbons (Fsp3) is 0.667. The van der Waals surface area contributed by atoms with Gasteiger partial charge < -0.3 is 10.1 Å². The Hall–Kier alpha value is -1.02. The Morgan fingerprint density at radius 3 is 2.75 bits per heavy atom. The molecule has 1 aromatic carbocycles. The lowest BCUT2D eigenvalue weighted by Crippen LogP contribution is -2.20. The number of rotatable bonds is 9. The molecule has 1 unspecified atom stereocenters. The summed E-state index contributed by atoms with van der Waals surface area (Å²) in [6.45, 7) is 3.42. The minimum absolute atomic E-state index is 0.538. The zero-order valence-corrected chi connectivity index (χ0v) is 13.1. The molecule has 0 amide bonds. The van der Waals surface area contributed by atoms with E-state index in [1.807, 2.05) is 0 Å². The average molecular weight is 275 g/mol. The second kappa shape index (κ2) is 8.31. The highest BCUT2D eigenvalue weighted by Gasteiger charge is 2.22. The number of nitrogens with one attached hydrogen (secondary N) is 1. The molecule has 0 saturated heterocycles. The Morgan fingerprint density at radius 1 is 1.15 bits per heavy atom. The molecular formula is C18H29NO. The summed E-state index contributed by atoms with van der Waals surface area (Å²) in [5.41, 5.74) is 2.95. The molecule has 2 nitrogen and oxygen atoms in total. The third-order valence-corrected chi connectivity index (χ3v) is 4.35. The van der Waals surface area contributed by atoms with Gasteiger partial charge in [-0.3, -0.25) is 0 Å². The molecule has 0 heterocycles. The van der Waals surface area contributed by atoms with Crippen molar-refractivity contribution in [3.8, 4) is 5.75 Å². The Balaban J connectivity index is 1.71. The standard InChI is InChI=1S/C18H29NO/c1-3-4-5-6-7-8-13-19-18-12-10-15-9-11-16(20-2)14-17(15)18/h9,11,14,18-19H,3-8,10,12-13H2,1-2H3. The smallest absolute Gasteiger partial charge is 0.119 e. The van der Waals surface area contributed by atoms with Gasteiger partial charge in [-0.25, -0.2) is 0 Å². The van der Waals surface area contributed by atoms with Crippen LogP contribution < -0.4 is 10.1 Å². The van der Waals surface area contributed by atoms with Gasteiger partial charge in [0.25, 0.3) is 0 Å². The van der Waals surface area contributed by atoms with Crippen LogP contribution in [0.1, 0.15) is 69.0 Å². The normalized spacial score (nSPS) is 17.2. The van der Waals surface area contributed by atoms with Gasteiger partial charge in [0.05, 0.1) is 7.11 Å². The van der Waals surface area contributed by atoms with Gasteiger partial charge in [0.15, 0.2) is 0 Å². The molecule has 0 saturated carbocycles. The van der Waals surface area contributed by atoms with Crippen molar-refractivity contribution in [1.29, 1.82) is 0 Å². The minimum Gasteiger partial charge on any atom is -0.497 e. The SMILES string of the molecule is CCCCCCCCNC1CCc2ccc(OC)cc21. The van der Waals surface area contributed by atoms with Gasteiger partial charge in [-0.05, 0) is 49.1 Å². The average Bonchev–Trinajstić information content (AvgIpc) is 2.88. The van der Waals surface area contributed by atoms with Crippen LogP contribution >= 0.6 is 0 Å². The van der Waals surface area contributed by atoms with Crippen molar-refractivity contribution in [2.75, 3.05) is 13.7 Å². The van der Waals surface area contributed by atoms with Crippen LogP contribution in [-0.4, -0.2) is 13.7 Å². The highest BCUT2D eigenvalue weighted by Crippen LogP contribution is 2.33. The van der Waals surface area contributed by atoms with Crippen molar-refractivity contribution < 1.29 is 4.74 Å². The molecule has 0 spiro atoms. The van der Waals surface area contributed by atoms with Crippen molar-refractivity contribution >= 4 is 0 Å². The Kier molecular flexibility index (Phi) is 6.38. The maximum atomic E-state index is 5.34. The lowest BCUT2D eigenvalue weighted by Gasteiger charge is -2.14. The molecule has 1 aromatic rings. The Morgan fingerprint density at radius 2 is 1.95 bits per heavy atom. The Bertz CT molecular complexity index is 402. The number of fused-ring (bicyclic) bond motifs is 1. The third-order valence-electron chi connectivity index (χ3n) is 4.35. The first-order valence-electron chi connectivity index (χ1n) is 8.25. The number of benzene rings is 1. The molecule has 0 aliphatic heterocycles. The van der Waals surface area contributed by atoms with Crippen LogP contribution in [0.4, 0.5) is 0 Å². The fourth-order valence-electron chi connectivity index (χ4n) is 3.10. The molecule has 112 valence electrons. The summed E-state index contributed by atoms with van der Waals surface area (Å²) in [6, 6.07) is 7.05. The molecule has 1 aliphatic carbocycles. The van der Waals surface area contributed by atoms with Crippen LogP contribution in [0.25, 0.3) is 0 Å². The molecule has 0 aromatic heterocycles. The van der Waals surface area contributed by atoms with E-state index < -0.39 is 0 Å². The number of methoxy groups -OCH3 is 1. The van der Waals surface area contributed by atoms with Gasteiger partial charge >= 0.3 is 0 Å². The number of ether oxygens (including phenoxy) is 1. The van der Waals surface area contributed by atoms with E-state index in [0.717, 1.165) is 12.3 Å². The van der Waals surface area contributed by atoms with Crippen molar-refractivity contribution in [3.63, 3.8) is 0 Å². The largest absolute Gasteiger partial charge is 0.497 e. The summed E-state index contributed by atoms with van der Waals surface area (Å²) in [5.74, 6) is 0.983. The molecule has 1 N–H and O–H groups in total. The first-order chi connectivity index (χ1) is 9.85. The zero-order valence-electron chi connectivity index (χ0n) is 13.1. The van der Waals surface area contributed by atoms with E-state index in [2.05, 4.69) is 30.4 Å². The summed E-state index contributed by atoms with van der Waals surface area (Å²) < 4.78 is 5.34. The predicted octanol–water partition coefficient (Wildman–Crippen LogP) is 4.63. The van der Waals surface area contributed by atoms with Crippen LogP contribution in [-0.2, 0) is 6.42 Å². The molecule has 0 radical (unpaired) electrons. The summed E-state index contributed by atoms with van der Waals surface area (Å²) in [6.07, 6.45) is 10.6. The molecule has 2 heteroatoms.